The van der Waals surface area contributed by atoms with E-state index in [0.29, 0.717) is 34.7 Å². The number of aromatic hydroxyl groups is 1. The number of phenols is 1. The molecular weight excluding hydrogens is 538 g/mol. The number of carbonyl (C=O) groups is 3. The molecule has 3 fully saturated rings. The van der Waals surface area contributed by atoms with Crippen LogP contribution in [0.2, 0.25) is 5.02 Å². The SMILES string of the molecule is CN(C)[C@@H]1C(=O)C(C(N)=O)=C(O)[C@@]2(O)C(=O)C3=C(O)c4c(O)cc(CN[C@@H]5CC6CCC5C6)c(Cl)c4C[C@H]3C[C@@H]12. The molecule has 2 bridgehead atoms. The van der Waals surface area contributed by atoms with Gasteiger partial charge in [0.25, 0.3) is 5.91 Å². The first-order valence-corrected chi connectivity index (χ1v) is 14.1. The Labute approximate surface area is 236 Å². The van der Waals surface area contributed by atoms with E-state index in [1.165, 1.54) is 30.2 Å². The highest BCUT2D eigenvalue weighted by Crippen LogP contribution is 2.54. The van der Waals surface area contributed by atoms with Crippen molar-refractivity contribution in [1.29, 1.82) is 0 Å². The minimum atomic E-state index is -2.66. The summed E-state index contributed by atoms with van der Waals surface area (Å²) in [5.41, 5.74) is 2.85. The van der Waals surface area contributed by atoms with Crippen molar-refractivity contribution in [3.05, 3.63) is 44.7 Å². The fourth-order valence-electron chi connectivity index (χ4n) is 8.21. The lowest BCUT2D eigenvalue weighted by molar-refractivity contribution is -0.153. The number of phenolic OH excluding ortho intramolecular Hbond substituents is 1. The second kappa shape index (κ2) is 9.30. The Bertz CT molecular complexity index is 1420. The van der Waals surface area contributed by atoms with Crippen molar-refractivity contribution in [2.75, 3.05) is 14.1 Å². The molecule has 1 aromatic rings. The average molecular weight is 572 g/mol. The van der Waals surface area contributed by atoms with Crippen LogP contribution in [0.1, 0.15) is 48.8 Å². The molecule has 3 saturated carbocycles. The van der Waals surface area contributed by atoms with E-state index in [1.807, 2.05) is 0 Å². The summed E-state index contributed by atoms with van der Waals surface area (Å²) < 4.78 is 0. The standard InChI is InChI=1S/C29H34ClN3O7/c1-33(2)23-16-8-13-7-15-20(18(34)9-14(22(15)30)10-32-17-6-11-3-4-12(17)5-11)24(35)19(13)26(37)29(16,40)27(38)21(25(23)36)28(31)39/h9,11-13,16-17,23,32,34-35,38,40H,3-8,10H2,1-2H3,(H2,31,39)/t11?,12?,13-,16-,17+,23-,29-/m0/s1. The number of nitrogens with one attached hydrogen (secondary N) is 1. The van der Waals surface area contributed by atoms with Crippen LogP contribution in [-0.2, 0) is 27.3 Å². The lowest BCUT2D eigenvalue weighted by atomic mass is 9.57. The smallest absolute Gasteiger partial charge is 0.255 e. The van der Waals surface area contributed by atoms with Crippen molar-refractivity contribution in [1.82, 2.24) is 10.2 Å². The molecule has 7 N–H and O–H groups in total. The van der Waals surface area contributed by atoms with E-state index in [-0.39, 0.29) is 29.7 Å². The number of Topliss-reactive ketones (excluding diaryl/α,β-unsaturated/α-hetero) is 2. The lowest BCUT2D eigenvalue weighted by Crippen LogP contribution is -2.65. The van der Waals surface area contributed by atoms with Crippen LogP contribution in [0.15, 0.2) is 23.0 Å². The van der Waals surface area contributed by atoms with Crippen LogP contribution in [0.5, 0.6) is 5.75 Å². The van der Waals surface area contributed by atoms with E-state index in [0.717, 1.165) is 12.3 Å². The Balaban J connectivity index is 1.40. The Kier molecular flexibility index (Phi) is 6.34. The molecule has 1 amide bonds. The number of hydrogen-bond acceptors (Lipinski definition) is 9. The maximum Gasteiger partial charge on any atom is 0.255 e. The highest BCUT2D eigenvalue weighted by molar-refractivity contribution is 6.32. The molecule has 0 spiro atoms. The summed E-state index contributed by atoms with van der Waals surface area (Å²) in [5, 5.41) is 48.9. The van der Waals surface area contributed by atoms with Crippen molar-refractivity contribution in [3.63, 3.8) is 0 Å². The minimum Gasteiger partial charge on any atom is -0.508 e. The first kappa shape index (κ1) is 27.3. The molecule has 1 aromatic carbocycles. The molecule has 2 unspecified atom stereocenters. The second-order valence-electron chi connectivity index (χ2n) is 12.3. The van der Waals surface area contributed by atoms with E-state index in [9.17, 15) is 34.8 Å². The number of aliphatic hydroxyl groups is 3. The molecule has 0 heterocycles. The molecule has 0 aromatic heterocycles. The number of rotatable bonds is 5. The second-order valence-corrected chi connectivity index (χ2v) is 12.7. The Morgan fingerprint density at radius 3 is 2.50 bits per heavy atom. The van der Waals surface area contributed by atoms with E-state index in [2.05, 4.69) is 5.32 Å². The van der Waals surface area contributed by atoms with Gasteiger partial charge in [-0.2, -0.15) is 0 Å². The van der Waals surface area contributed by atoms with Gasteiger partial charge in [-0.15, -0.1) is 0 Å². The van der Waals surface area contributed by atoms with E-state index in [1.54, 1.807) is 14.1 Å². The molecule has 0 radical (unpaired) electrons. The van der Waals surface area contributed by atoms with Crippen molar-refractivity contribution in [3.8, 4) is 5.75 Å². The maximum atomic E-state index is 13.9. The predicted molar refractivity (Wildman–Crippen MR) is 145 cm³/mol. The maximum absolute atomic E-state index is 13.9. The van der Waals surface area contributed by atoms with Crippen molar-refractivity contribution >= 4 is 34.8 Å². The van der Waals surface area contributed by atoms with Gasteiger partial charge in [-0.25, -0.2) is 0 Å². The van der Waals surface area contributed by atoms with Gasteiger partial charge in [0.1, 0.15) is 22.8 Å². The highest BCUT2D eigenvalue weighted by Gasteiger charge is 2.64. The molecule has 7 atom stereocenters. The van der Waals surface area contributed by atoms with Gasteiger partial charge in [-0.05, 0) is 81.1 Å². The highest BCUT2D eigenvalue weighted by atomic mass is 35.5. The third kappa shape index (κ3) is 3.69. The Hall–Kier alpha value is -2.92. The summed E-state index contributed by atoms with van der Waals surface area (Å²) in [6, 6.07) is 0.755. The zero-order valence-corrected chi connectivity index (χ0v) is 23.2. The topological polar surface area (TPSA) is 173 Å². The number of benzene rings is 1. The summed E-state index contributed by atoms with van der Waals surface area (Å²) >= 11 is 6.86. The molecule has 40 heavy (non-hydrogen) atoms. The third-order valence-electron chi connectivity index (χ3n) is 10.0. The first-order valence-electron chi connectivity index (χ1n) is 13.8. The number of likely N-dealkylation sites (N-methyl/N-ethyl adjacent to an activating group) is 1. The van der Waals surface area contributed by atoms with Crippen LogP contribution < -0.4 is 11.1 Å². The molecule has 0 saturated heterocycles. The summed E-state index contributed by atoms with van der Waals surface area (Å²) in [6.45, 7) is 0.447. The largest absolute Gasteiger partial charge is 0.508 e. The number of hydrogen-bond donors (Lipinski definition) is 6. The summed E-state index contributed by atoms with van der Waals surface area (Å²) in [5.74, 6) is -5.34. The van der Waals surface area contributed by atoms with Gasteiger partial charge >= 0.3 is 0 Å². The van der Waals surface area contributed by atoms with Crippen LogP contribution in [0.3, 0.4) is 0 Å². The molecule has 0 aliphatic heterocycles. The molecule has 5 aliphatic carbocycles. The van der Waals surface area contributed by atoms with E-state index >= 15 is 0 Å². The van der Waals surface area contributed by atoms with Crippen LogP contribution in [0.4, 0.5) is 0 Å². The Morgan fingerprint density at radius 1 is 1.18 bits per heavy atom. The summed E-state index contributed by atoms with van der Waals surface area (Å²) in [6.07, 6.45) is 5.07. The van der Waals surface area contributed by atoms with E-state index in [4.69, 9.17) is 17.3 Å². The first-order chi connectivity index (χ1) is 18.9. The lowest BCUT2D eigenvalue weighted by Gasteiger charge is -2.50. The van der Waals surface area contributed by atoms with Crippen molar-refractivity contribution in [2.24, 2.45) is 29.4 Å². The number of halogens is 1. The minimum absolute atomic E-state index is 0.00460. The zero-order valence-electron chi connectivity index (χ0n) is 22.4. The van der Waals surface area contributed by atoms with Crippen molar-refractivity contribution in [2.45, 2.75) is 62.8 Å². The fourth-order valence-corrected chi connectivity index (χ4v) is 8.50. The van der Waals surface area contributed by atoms with Gasteiger partial charge in [0.2, 0.25) is 5.78 Å². The zero-order chi connectivity index (χ0) is 28.8. The van der Waals surface area contributed by atoms with Crippen molar-refractivity contribution < 1.29 is 34.8 Å². The van der Waals surface area contributed by atoms with Gasteiger partial charge in [0.15, 0.2) is 11.4 Å². The number of aliphatic hydroxyl groups excluding tert-OH is 2. The predicted octanol–water partition coefficient (Wildman–Crippen LogP) is 1.90. The summed E-state index contributed by atoms with van der Waals surface area (Å²) in [7, 11) is 3.13. The molecule has 5 aliphatic rings. The van der Waals surface area contributed by atoms with Gasteiger partial charge in [0, 0.05) is 29.1 Å². The number of nitrogens with two attached hydrogens (primary N) is 1. The third-order valence-corrected chi connectivity index (χ3v) is 10.5. The van der Waals surface area contributed by atoms with Gasteiger partial charge < -0.3 is 31.5 Å². The molecule has 214 valence electrons. The van der Waals surface area contributed by atoms with Gasteiger partial charge in [-0.3, -0.25) is 19.3 Å². The van der Waals surface area contributed by atoms with Crippen LogP contribution in [0, 0.1) is 23.7 Å². The number of carbonyl (C=O) groups excluding carboxylic acids is 3. The number of primary amides is 1. The number of amides is 1. The normalized spacial score (nSPS) is 34.8. The van der Waals surface area contributed by atoms with Crippen LogP contribution >= 0.6 is 11.6 Å². The number of fused-ring (bicyclic) bond motifs is 5. The number of nitrogens with zero attached hydrogens (tertiary/aromatic N) is 1. The molecule has 6 rings (SSSR count). The van der Waals surface area contributed by atoms with Gasteiger partial charge in [-0.1, -0.05) is 18.0 Å². The summed E-state index contributed by atoms with van der Waals surface area (Å²) in [4.78, 5) is 40.7. The molecule has 11 heteroatoms. The van der Waals surface area contributed by atoms with Crippen LogP contribution in [0.25, 0.3) is 5.76 Å². The fraction of sp³-hybridized carbons (Fsp3) is 0.552. The molecular formula is C29H34ClN3O7. The monoisotopic (exact) mass is 571 g/mol. The van der Waals surface area contributed by atoms with Crippen LogP contribution in [-0.4, -0.2) is 74.6 Å². The quantitative estimate of drug-likeness (QED) is 0.288. The number of ketones is 2. The van der Waals surface area contributed by atoms with E-state index < -0.39 is 58.0 Å². The average Bonchev–Trinajstić information content (AvgIpc) is 3.50. The molecule has 10 nitrogen and oxygen atoms in total. The Morgan fingerprint density at radius 2 is 1.90 bits per heavy atom. The van der Waals surface area contributed by atoms with Gasteiger partial charge in [0.05, 0.1) is 11.6 Å².